The second kappa shape index (κ2) is 6.93. The third kappa shape index (κ3) is 6.15. The summed E-state index contributed by atoms with van der Waals surface area (Å²) in [5.41, 5.74) is 1.60. The van der Waals surface area contributed by atoms with Crippen molar-refractivity contribution in [2.75, 3.05) is 7.11 Å². The summed E-state index contributed by atoms with van der Waals surface area (Å²) in [5, 5.41) is 0.267. The Hall–Kier alpha value is -1.57. The van der Waals surface area contributed by atoms with E-state index in [2.05, 4.69) is 51.2 Å². The van der Waals surface area contributed by atoms with Crippen molar-refractivity contribution in [1.29, 1.82) is 0 Å². The van der Waals surface area contributed by atoms with Gasteiger partial charge in [0.2, 0.25) is 0 Å². The van der Waals surface area contributed by atoms with E-state index >= 15 is 0 Å². The molecule has 3 nitrogen and oxygen atoms in total. The molecule has 0 aliphatic carbocycles. The van der Waals surface area contributed by atoms with E-state index in [9.17, 15) is 4.79 Å². The summed E-state index contributed by atoms with van der Waals surface area (Å²) in [6.07, 6.45) is 0. The van der Waals surface area contributed by atoms with Crippen LogP contribution in [0.4, 0.5) is 0 Å². The van der Waals surface area contributed by atoms with Crippen molar-refractivity contribution in [2.45, 2.75) is 45.3 Å². The Balaban J connectivity index is 2.80. The third-order valence-electron chi connectivity index (χ3n) is 2.94. The zero-order chi connectivity index (χ0) is 16.1. The number of rotatable bonds is 3. The zero-order valence-corrected chi connectivity index (χ0v) is 15.2. The minimum absolute atomic E-state index is 0.267. The second-order valence-corrected chi connectivity index (χ2v) is 9.38. The van der Waals surface area contributed by atoms with Gasteiger partial charge in [-0.1, -0.05) is 38.8 Å². The van der Waals surface area contributed by atoms with Crippen LogP contribution >= 0.6 is 0 Å². The van der Waals surface area contributed by atoms with Crippen LogP contribution in [0.2, 0.25) is 5.04 Å². The van der Waals surface area contributed by atoms with Crippen LogP contribution in [0.25, 0.3) is 0 Å². The predicted octanol–water partition coefficient (Wildman–Crippen LogP) is 2.77. The number of carbonyl (C=O) groups is 1. The molecule has 0 atom stereocenters. The maximum atomic E-state index is 11.0. The Morgan fingerprint density at radius 2 is 1.67 bits per heavy atom. The molecular weight excluding hydrogens is 280 g/mol. The molecule has 0 saturated carbocycles. The number of benzene rings is 1. The van der Waals surface area contributed by atoms with Gasteiger partial charge in [-0.05, 0) is 36.6 Å². The molecule has 114 valence electrons. The van der Waals surface area contributed by atoms with E-state index < -0.39 is 15.7 Å². The molecule has 1 aromatic carbocycles. The zero-order valence-electron chi connectivity index (χ0n) is 13.7. The van der Waals surface area contributed by atoms with Crippen LogP contribution in [0.15, 0.2) is 24.3 Å². The first-order valence-electron chi connectivity index (χ1n) is 6.98. The lowest BCUT2D eigenvalue weighted by molar-refractivity contribution is -0.133. The highest BCUT2D eigenvalue weighted by atomic mass is 28.2. The summed E-state index contributed by atoms with van der Waals surface area (Å²) in [5.74, 6) is 4.66. The molecule has 0 N–H and O–H groups in total. The van der Waals surface area contributed by atoms with Gasteiger partial charge in [-0.25, -0.2) is 4.79 Å². The molecule has 0 fully saturated rings. The van der Waals surface area contributed by atoms with Gasteiger partial charge in [0.25, 0.3) is 0 Å². The lowest BCUT2D eigenvalue weighted by Crippen LogP contribution is -2.27. The number of hydrogen-bond donors (Lipinski definition) is 0. The van der Waals surface area contributed by atoms with Gasteiger partial charge in [-0.15, -0.1) is 0 Å². The predicted molar refractivity (Wildman–Crippen MR) is 87.7 cm³/mol. The molecule has 0 aliphatic heterocycles. The Bertz CT molecular complexity index is 542. The van der Waals surface area contributed by atoms with Gasteiger partial charge in [0.15, 0.2) is 9.76 Å². The van der Waals surface area contributed by atoms with Gasteiger partial charge in [0, 0.05) is 11.5 Å². The average molecular weight is 304 g/mol. The molecule has 0 bridgehead atoms. The summed E-state index contributed by atoms with van der Waals surface area (Å²) >= 11 is 0. The van der Waals surface area contributed by atoms with Crippen molar-refractivity contribution in [3.05, 3.63) is 35.4 Å². The Labute approximate surface area is 130 Å². The quantitative estimate of drug-likeness (QED) is 0.489. The van der Waals surface area contributed by atoms with Crippen molar-refractivity contribution in [2.24, 2.45) is 0 Å². The molecule has 0 spiro atoms. The lowest BCUT2D eigenvalue weighted by atomic mass is 9.97. The molecule has 0 heterocycles. The van der Waals surface area contributed by atoms with Crippen LogP contribution in [-0.4, -0.2) is 22.8 Å². The van der Waals surface area contributed by atoms with Gasteiger partial charge >= 0.3 is 5.97 Å². The second-order valence-electron chi connectivity index (χ2n) is 6.68. The molecule has 1 rings (SSSR count). The molecule has 0 saturated heterocycles. The summed E-state index contributed by atoms with van der Waals surface area (Å²) < 4.78 is 10.6. The molecule has 0 unspecified atom stereocenters. The molecule has 0 aliphatic rings. The van der Waals surface area contributed by atoms with Crippen molar-refractivity contribution in [1.82, 2.24) is 0 Å². The van der Waals surface area contributed by atoms with Gasteiger partial charge in [-0.2, -0.15) is 0 Å². The minimum Gasteiger partial charge on any atom is -0.459 e. The summed E-state index contributed by atoms with van der Waals surface area (Å²) in [6, 6.07) is 7.79. The number of esters is 1. The first-order chi connectivity index (χ1) is 9.64. The number of carbonyl (C=O) groups excluding carboxylic acids is 1. The highest BCUT2D eigenvalue weighted by Gasteiger charge is 2.24. The Kier molecular flexibility index (Phi) is 5.76. The first kappa shape index (κ1) is 17.5. The highest BCUT2D eigenvalue weighted by molar-refractivity contribution is 6.31. The van der Waals surface area contributed by atoms with Crippen LogP contribution in [0.1, 0.15) is 45.7 Å². The minimum atomic E-state index is -0.621. The van der Waals surface area contributed by atoms with Crippen LogP contribution in [-0.2, 0) is 19.6 Å². The molecule has 0 radical (unpaired) electrons. The van der Waals surface area contributed by atoms with E-state index in [1.54, 1.807) is 0 Å². The van der Waals surface area contributed by atoms with Gasteiger partial charge in [-0.3, -0.25) is 0 Å². The maximum Gasteiger partial charge on any atom is 0.384 e. The van der Waals surface area contributed by atoms with Gasteiger partial charge in [0.05, 0.1) is 12.7 Å². The molecule has 1 aromatic rings. The number of methoxy groups -OCH3 is 1. The monoisotopic (exact) mass is 304 g/mol. The van der Waals surface area contributed by atoms with E-state index in [-0.39, 0.29) is 10.6 Å². The average Bonchev–Trinajstić information content (AvgIpc) is 2.42. The highest BCUT2D eigenvalue weighted by Crippen LogP contribution is 2.29. The standard InChI is InChI=1S/C17H24O3Si/c1-16(2,3)21-20-17(4,5)14-10-7-13(8-11-14)9-12-15(18)19-6/h7-8,10-11H,21H2,1-6H3. The van der Waals surface area contributed by atoms with E-state index in [0.29, 0.717) is 0 Å². The summed E-state index contributed by atoms with van der Waals surface area (Å²) in [6.45, 7) is 10.8. The number of hydrogen-bond acceptors (Lipinski definition) is 3. The van der Waals surface area contributed by atoms with Crippen molar-refractivity contribution in [3.63, 3.8) is 0 Å². The molecular formula is C17H24O3Si. The van der Waals surface area contributed by atoms with Crippen LogP contribution < -0.4 is 0 Å². The topological polar surface area (TPSA) is 35.5 Å². The van der Waals surface area contributed by atoms with Crippen LogP contribution in [0.3, 0.4) is 0 Å². The normalized spacial score (nSPS) is 12.1. The van der Waals surface area contributed by atoms with Crippen molar-refractivity contribution >= 4 is 15.7 Å². The molecule has 4 heteroatoms. The van der Waals surface area contributed by atoms with Gasteiger partial charge < -0.3 is 9.16 Å². The van der Waals surface area contributed by atoms with Crippen molar-refractivity contribution < 1.29 is 14.0 Å². The Morgan fingerprint density at radius 3 is 2.14 bits per heavy atom. The molecule has 0 amide bonds. The lowest BCUT2D eigenvalue weighted by Gasteiger charge is -2.30. The fraction of sp³-hybridized carbons (Fsp3) is 0.471. The summed E-state index contributed by atoms with van der Waals surface area (Å²) in [4.78, 5) is 11.0. The van der Waals surface area contributed by atoms with E-state index in [1.807, 2.05) is 24.3 Å². The van der Waals surface area contributed by atoms with Crippen LogP contribution in [0.5, 0.6) is 0 Å². The van der Waals surface area contributed by atoms with E-state index in [4.69, 9.17) is 4.43 Å². The maximum absolute atomic E-state index is 11.0. The smallest absolute Gasteiger partial charge is 0.384 e. The van der Waals surface area contributed by atoms with Gasteiger partial charge in [0.1, 0.15) is 0 Å². The molecule has 0 aromatic heterocycles. The van der Waals surface area contributed by atoms with E-state index in [0.717, 1.165) is 11.1 Å². The summed E-state index contributed by atoms with van der Waals surface area (Å²) in [7, 11) is 0.698. The van der Waals surface area contributed by atoms with Crippen molar-refractivity contribution in [3.8, 4) is 11.8 Å². The fourth-order valence-corrected chi connectivity index (χ4v) is 2.57. The Morgan fingerprint density at radius 1 is 1.10 bits per heavy atom. The molecule has 21 heavy (non-hydrogen) atoms. The van der Waals surface area contributed by atoms with Crippen LogP contribution in [0, 0.1) is 11.8 Å². The fourth-order valence-electron chi connectivity index (χ4n) is 1.61. The number of ether oxygens (including phenoxy) is 1. The third-order valence-corrected chi connectivity index (χ3v) is 4.67. The largest absolute Gasteiger partial charge is 0.459 e. The first-order valence-corrected chi connectivity index (χ1v) is 8.27. The van der Waals surface area contributed by atoms with E-state index in [1.165, 1.54) is 7.11 Å². The SMILES string of the molecule is COC(=O)C#Cc1ccc(C(C)(C)O[SiH2]C(C)(C)C)cc1.